The van der Waals surface area contributed by atoms with Gasteiger partial charge >= 0.3 is 0 Å². The Kier molecular flexibility index (Phi) is 5.42. The minimum absolute atomic E-state index is 0.0731. The van der Waals surface area contributed by atoms with Crippen molar-refractivity contribution in [1.29, 1.82) is 0 Å². The first-order valence-corrected chi connectivity index (χ1v) is 9.11. The van der Waals surface area contributed by atoms with Crippen LogP contribution >= 0.6 is 0 Å². The van der Waals surface area contributed by atoms with Crippen molar-refractivity contribution < 1.29 is 17.9 Å². The highest BCUT2D eigenvalue weighted by Gasteiger charge is 2.25. The van der Waals surface area contributed by atoms with E-state index in [4.69, 9.17) is 4.74 Å². The van der Waals surface area contributed by atoms with E-state index in [1.807, 2.05) is 24.3 Å². The van der Waals surface area contributed by atoms with Crippen LogP contribution in [0.5, 0.6) is 5.75 Å². The molecule has 122 valence electrons. The number of sulfonamides is 1. The first-order valence-electron chi connectivity index (χ1n) is 7.26. The largest absolute Gasteiger partial charge is 0.497 e. The average molecular weight is 326 g/mol. The quantitative estimate of drug-likeness (QED) is 0.800. The van der Waals surface area contributed by atoms with Crippen molar-refractivity contribution in [2.45, 2.75) is 12.8 Å². The average Bonchev–Trinajstić information content (AvgIpc) is 2.52. The number of carbonyl (C=O) groups is 1. The van der Waals surface area contributed by atoms with E-state index in [0.29, 0.717) is 39.0 Å². The van der Waals surface area contributed by atoms with Crippen molar-refractivity contribution in [3.8, 4) is 5.75 Å². The monoisotopic (exact) mass is 326 g/mol. The maximum atomic E-state index is 12.2. The normalized spacial score (nSPS) is 16.5. The molecule has 0 unspecified atom stereocenters. The van der Waals surface area contributed by atoms with E-state index in [1.165, 1.54) is 10.6 Å². The number of nitrogens with zero attached hydrogens (tertiary/aromatic N) is 2. The summed E-state index contributed by atoms with van der Waals surface area (Å²) in [5, 5.41) is 0. The Labute approximate surface area is 131 Å². The lowest BCUT2D eigenvalue weighted by Crippen LogP contribution is -2.50. The standard InChI is InChI=1S/C15H22N2O4S/c1-21-14-6-3-13(4-7-14)5-8-15(18)16-9-11-17(12-10-16)22(2,19)20/h3-4,6-7H,5,8-12H2,1-2H3. The first kappa shape index (κ1) is 16.8. The van der Waals surface area contributed by atoms with Crippen LogP contribution in [-0.2, 0) is 21.2 Å². The number of methoxy groups -OCH3 is 1. The molecule has 0 aromatic heterocycles. The lowest BCUT2D eigenvalue weighted by atomic mass is 10.1. The molecule has 0 spiro atoms. The van der Waals surface area contributed by atoms with Gasteiger partial charge in [0.25, 0.3) is 0 Å². The lowest BCUT2D eigenvalue weighted by molar-refractivity contribution is -0.132. The summed E-state index contributed by atoms with van der Waals surface area (Å²) in [5.41, 5.74) is 1.09. The molecule has 7 heteroatoms. The molecule has 0 atom stereocenters. The summed E-state index contributed by atoms with van der Waals surface area (Å²) in [6, 6.07) is 7.66. The third kappa shape index (κ3) is 4.45. The minimum atomic E-state index is -3.15. The number of rotatable bonds is 5. The molecule has 1 aromatic carbocycles. The zero-order chi connectivity index (χ0) is 16.2. The second-order valence-electron chi connectivity index (χ2n) is 5.39. The molecule has 0 N–H and O–H groups in total. The summed E-state index contributed by atoms with van der Waals surface area (Å²) in [7, 11) is -1.53. The van der Waals surface area contributed by atoms with Gasteiger partial charge in [-0.15, -0.1) is 0 Å². The number of ether oxygens (including phenoxy) is 1. The van der Waals surface area contributed by atoms with Gasteiger partial charge in [-0.05, 0) is 24.1 Å². The van der Waals surface area contributed by atoms with Crippen LogP contribution in [0, 0.1) is 0 Å². The molecule has 1 heterocycles. The number of aryl methyl sites for hydroxylation is 1. The zero-order valence-corrected chi connectivity index (χ0v) is 13.8. The van der Waals surface area contributed by atoms with Gasteiger partial charge in [-0.2, -0.15) is 4.31 Å². The summed E-state index contributed by atoms with van der Waals surface area (Å²) < 4.78 is 29.4. The van der Waals surface area contributed by atoms with E-state index in [0.717, 1.165) is 11.3 Å². The molecule has 0 saturated carbocycles. The highest BCUT2D eigenvalue weighted by molar-refractivity contribution is 7.88. The highest BCUT2D eigenvalue weighted by Crippen LogP contribution is 2.14. The van der Waals surface area contributed by atoms with Crippen LogP contribution in [0.2, 0.25) is 0 Å². The Hall–Kier alpha value is -1.60. The molecule has 1 amide bonds. The molecule has 0 aliphatic carbocycles. The SMILES string of the molecule is COc1ccc(CCC(=O)N2CCN(S(C)(=O)=O)CC2)cc1. The molecule has 1 aliphatic rings. The zero-order valence-electron chi connectivity index (χ0n) is 13.0. The third-order valence-electron chi connectivity index (χ3n) is 3.85. The Morgan fingerprint density at radius 2 is 1.73 bits per heavy atom. The van der Waals surface area contributed by atoms with Gasteiger partial charge in [-0.1, -0.05) is 12.1 Å². The fourth-order valence-corrected chi connectivity index (χ4v) is 3.30. The number of amides is 1. The van der Waals surface area contributed by atoms with E-state index < -0.39 is 10.0 Å². The third-order valence-corrected chi connectivity index (χ3v) is 5.15. The molecular weight excluding hydrogens is 304 g/mol. The molecule has 0 bridgehead atoms. The maximum absolute atomic E-state index is 12.2. The Morgan fingerprint density at radius 1 is 1.14 bits per heavy atom. The molecule has 1 aliphatic heterocycles. The fraction of sp³-hybridized carbons (Fsp3) is 0.533. The molecule has 2 rings (SSSR count). The summed E-state index contributed by atoms with van der Waals surface area (Å²) in [6.45, 7) is 1.70. The van der Waals surface area contributed by atoms with Gasteiger partial charge in [0.1, 0.15) is 5.75 Å². The second kappa shape index (κ2) is 7.11. The van der Waals surface area contributed by atoms with Gasteiger partial charge < -0.3 is 9.64 Å². The van der Waals surface area contributed by atoms with E-state index >= 15 is 0 Å². The van der Waals surface area contributed by atoms with E-state index in [9.17, 15) is 13.2 Å². The van der Waals surface area contributed by atoms with Crippen LogP contribution in [0.3, 0.4) is 0 Å². The van der Waals surface area contributed by atoms with Crippen molar-refractivity contribution in [2.75, 3.05) is 39.5 Å². The molecule has 6 nitrogen and oxygen atoms in total. The van der Waals surface area contributed by atoms with Gasteiger partial charge in [0.15, 0.2) is 0 Å². The van der Waals surface area contributed by atoms with E-state index in [2.05, 4.69) is 0 Å². The highest BCUT2D eigenvalue weighted by atomic mass is 32.2. The lowest BCUT2D eigenvalue weighted by Gasteiger charge is -2.33. The topological polar surface area (TPSA) is 66.9 Å². The van der Waals surface area contributed by atoms with Crippen LogP contribution in [0.15, 0.2) is 24.3 Å². The Balaban J connectivity index is 1.80. The fourth-order valence-electron chi connectivity index (χ4n) is 2.47. The van der Waals surface area contributed by atoms with Crippen molar-refractivity contribution in [1.82, 2.24) is 9.21 Å². The summed E-state index contributed by atoms with van der Waals surface area (Å²) in [5.74, 6) is 0.871. The molecule has 1 aromatic rings. The van der Waals surface area contributed by atoms with Crippen LogP contribution < -0.4 is 4.74 Å². The van der Waals surface area contributed by atoms with Crippen molar-refractivity contribution >= 4 is 15.9 Å². The van der Waals surface area contributed by atoms with Crippen LogP contribution in [-0.4, -0.2) is 63.1 Å². The first-order chi connectivity index (χ1) is 10.4. The van der Waals surface area contributed by atoms with Crippen LogP contribution in [0.1, 0.15) is 12.0 Å². The number of benzene rings is 1. The summed E-state index contributed by atoms with van der Waals surface area (Å²) >= 11 is 0. The van der Waals surface area contributed by atoms with Crippen LogP contribution in [0.4, 0.5) is 0 Å². The predicted molar refractivity (Wildman–Crippen MR) is 84.3 cm³/mol. The van der Waals surface area contributed by atoms with Crippen molar-refractivity contribution in [3.05, 3.63) is 29.8 Å². The number of piperazine rings is 1. The van der Waals surface area contributed by atoms with Crippen molar-refractivity contribution in [3.63, 3.8) is 0 Å². The van der Waals surface area contributed by atoms with Gasteiger partial charge in [0.05, 0.1) is 13.4 Å². The van der Waals surface area contributed by atoms with E-state index in [1.54, 1.807) is 12.0 Å². The Morgan fingerprint density at radius 3 is 2.23 bits per heavy atom. The second-order valence-corrected chi connectivity index (χ2v) is 7.37. The molecule has 22 heavy (non-hydrogen) atoms. The molecule has 1 fully saturated rings. The molecule has 1 saturated heterocycles. The smallest absolute Gasteiger partial charge is 0.222 e. The predicted octanol–water partition coefficient (Wildman–Crippen LogP) is 0.732. The number of carbonyl (C=O) groups excluding carboxylic acids is 1. The Bertz CT molecular complexity index is 605. The van der Waals surface area contributed by atoms with Gasteiger partial charge in [0, 0.05) is 32.6 Å². The minimum Gasteiger partial charge on any atom is -0.497 e. The maximum Gasteiger partial charge on any atom is 0.222 e. The number of hydrogen-bond donors (Lipinski definition) is 0. The number of hydrogen-bond acceptors (Lipinski definition) is 4. The van der Waals surface area contributed by atoms with Gasteiger partial charge in [0.2, 0.25) is 15.9 Å². The van der Waals surface area contributed by atoms with Gasteiger partial charge in [-0.3, -0.25) is 4.79 Å². The summed E-state index contributed by atoms with van der Waals surface area (Å²) in [6.07, 6.45) is 2.31. The van der Waals surface area contributed by atoms with Crippen molar-refractivity contribution in [2.24, 2.45) is 0 Å². The molecule has 0 radical (unpaired) electrons. The van der Waals surface area contributed by atoms with Crippen LogP contribution in [0.25, 0.3) is 0 Å². The van der Waals surface area contributed by atoms with E-state index in [-0.39, 0.29) is 5.91 Å². The summed E-state index contributed by atoms with van der Waals surface area (Å²) in [4.78, 5) is 13.9. The molecular formula is C15H22N2O4S. The van der Waals surface area contributed by atoms with Gasteiger partial charge in [-0.25, -0.2) is 8.42 Å².